The van der Waals surface area contributed by atoms with Gasteiger partial charge in [0.15, 0.2) is 0 Å². The summed E-state index contributed by atoms with van der Waals surface area (Å²) in [6.45, 7) is 6.30. The van der Waals surface area contributed by atoms with E-state index in [1.807, 2.05) is 44.2 Å². The molecule has 9 heteroatoms. The third kappa shape index (κ3) is 5.88. The highest BCUT2D eigenvalue weighted by atomic mass is 16.5. The Labute approximate surface area is 264 Å². The van der Waals surface area contributed by atoms with Crippen molar-refractivity contribution in [1.29, 1.82) is 0 Å². The molecule has 3 aliphatic rings. The van der Waals surface area contributed by atoms with Crippen LogP contribution in [0.2, 0.25) is 0 Å². The summed E-state index contributed by atoms with van der Waals surface area (Å²) in [4.78, 5) is 33.6. The molecule has 232 valence electrons. The van der Waals surface area contributed by atoms with Gasteiger partial charge in [-0.1, -0.05) is 37.1 Å². The van der Waals surface area contributed by atoms with Gasteiger partial charge >= 0.3 is 7.12 Å². The number of phenolic OH excluding ortho intramolecular Hbond substituents is 1. The second-order valence-electron chi connectivity index (χ2n) is 12.5. The number of benzene rings is 2. The molecule has 2 aromatic carbocycles. The fourth-order valence-corrected chi connectivity index (χ4v) is 7.48. The number of pyridine rings is 1. The number of carbonyl (C=O) groups is 2. The number of allylic oxidation sites excluding steroid dienone is 2. The number of ether oxygens (including phenoxy) is 1. The zero-order chi connectivity index (χ0) is 31.8. The van der Waals surface area contributed by atoms with Gasteiger partial charge < -0.3 is 19.9 Å². The summed E-state index contributed by atoms with van der Waals surface area (Å²) in [5, 5.41) is 29.7. The lowest BCUT2D eigenvalue weighted by Gasteiger charge is -2.32. The topological polar surface area (TPSA) is 120 Å². The molecule has 1 aliphatic carbocycles. The van der Waals surface area contributed by atoms with Crippen molar-refractivity contribution in [2.24, 2.45) is 17.8 Å². The molecule has 0 radical (unpaired) electrons. The quantitative estimate of drug-likeness (QED) is 0.183. The maximum Gasteiger partial charge on any atom is 0.488 e. The summed E-state index contributed by atoms with van der Waals surface area (Å²) in [5.74, 6) is -1.31. The van der Waals surface area contributed by atoms with E-state index in [-0.39, 0.29) is 29.3 Å². The summed E-state index contributed by atoms with van der Waals surface area (Å²) >= 11 is 0. The molecule has 6 rings (SSSR count). The standard InChI is InChI=1S/C36H39BN2O6/c1-4-8-25-18-28-33(36(42)39(35(28)41)27-10-7-9-26(19-27)37(43)44)29-20-45-31(32(25)29)13-12-24(30-11-5-6-14-38-30)17-23-15-21(2)34(40)22(3)16-23/h5-7,9-11,14-17,19,28-29,31,33,40,43-44H,4,8,12-13,18,20H2,1-3H3/b24-17-/t28-,29+,31-,33-/m1/s1. The van der Waals surface area contributed by atoms with Crippen molar-refractivity contribution in [3.63, 3.8) is 0 Å². The summed E-state index contributed by atoms with van der Waals surface area (Å²) in [5.41, 5.74) is 7.56. The largest absolute Gasteiger partial charge is 0.507 e. The number of phenols is 1. The number of carbonyl (C=O) groups excluding carboxylic acids is 2. The smallest absolute Gasteiger partial charge is 0.488 e. The van der Waals surface area contributed by atoms with Gasteiger partial charge in [0.05, 0.1) is 35.9 Å². The van der Waals surface area contributed by atoms with Crippen LogP contribution in [0.25, 0.3) is 11.6 Å². The summed E-state index contributed by atoms with van der Waals surface area (Å²) in [6.07, 6.45) is 7.44. The predicted octanol–water partition coefficient (Wildman–Crippen LogP) is 4.73. The fourth-order valence-electron chi connectivity index (χ4n) is 7.48. The number of hydrogen-bond donors (Lipinski definition) is 3. The van der Waals surface area contributed by atoms with E-state index in [2.05, 4.69) is 18.0 Å². The van der Waals surface area contributed by atoms with Gasteiger partial charge in [0, 0.05) is 12.1 Å². The molecule has 2 fully saturated rings. The zero-order valence-electron chi connectivity index (χ0n) is 25.9. The van der Waals surface area contributed by atoms with Gasteiger partial charge in [0.25, 0.3) is 0 Å². The Hall–Kier alpha value is -4.05. The Bertz CT molecular complexity index is 1660. The van der Waals surface area contributed by atoms with Gasteiger partial charge in [-0.15, -0.1) is 0 Å². The number of hydrogen-bond acceptors (Lipinski definition) is 7. The Kier molecular flexibility index (Phi) is 8.77. The minimum absolute atomic E-state index is 0.169. The fraction of sp³-hybridized carbons (Fsp3) is 0.361. The third-order valence-corrected chi connectivity index (χ3v) is 9.51. The molecule has 0 bridgehead atoms. The number of aromatic nitrogens is 1. The van der Waals surface area contributed by atoms with Gasteiger partial charge in [-0.2, -0.15) is 0 Å². The lowest BCUT2D eigenvalue weighted by atomic mass is 9.68. The number of amides is 2. The highest BCUT2D eigenvalue weighted by Gasteiger charge is 2.57. The molecule has 8 nitrogen and oxygen atoms in total. The van der Waals surface area contributed by atoms with Crippen molar-refractivity contribution in [1.82, 2.24) is 4.98 Å². The molecule has 2 aliphatic heterocycles. The van der Waals surface area contributed by atoms with Crippen LogP contribution in [0, 0.1) is 31.6 Å². The van der Waals surface area contributed by atoms with Crippen LogP contribution in [-0.4, -0.2) is 51.8 Å². The van der Waals surface area contributed by atoms with Crippen molar-refractivity contribution in [2.75, 3.05) is 11.5 Å². The molecule has 4 atom stereocenters. The average molecular weight is 607 g/mol. The van der Waals surface area contributed by atoms with E-state index in [1.165, 1.54) is 22.1 Å². The molecule has 2 saturated heterocycles. The normalized spacial score (nSPS) is 23.0. The molecule has 3 heterocycles. The Morgan fingerprint density at radius 1 is 1.04 bits per heavy atom. The second-order valence-corrected chi connectivity index (χ2v) is 12.5. The minimum atomic E-state index is -1.69. The van der Waals surface area contributed by atoms with Gasteiger partial charge in [0.2, 0.25) is 11.8 Å². The van der Waals surface area contributed by atoms with E-state index in [4.69, 9.17) is 4.74 Å². The van der Waals surface area contributed by atoms with Crippen LogP contribution in [0.5, 0.6) is 5.75 Å². The number of fused-ring (bicyclic) bond motifs is 3. The van der Waals surface area contributed by atoms with Crippen molar-refractivity contribution in [2.45, 2.75) is 59.0 Å². The van der Waals surface area contributed by atoms with E-state index < -0.39 is 19.0 Å². The second kappa shape index (κ2) is 12.8. The summed E-state index contributed by atoms with van der Waals surface area (Å²) in [7, 11) is -1.69. The first-order valence-corrected chi connectivity index (χ1v) is 15.8. The first-order valence-electron chi connectivity index (χ1n) is 15.8. The van der Waals surface area contributed by atoms with E-state index in [9.17, 15) is 24.7 Å². The lowest BCUT2D eigenvalue weighted by Crippen LogP contribution is -2.35. The first kappa shape index (κ1) is 31.0. The molecule has 3 N–H and O–H groups in total. The highest BCUT2D eigenvalue weighted by molar-refractivity contribution is 6.58. The van der Waals surface area contributed by atoms with Crippen LogP contribution in [0.4, 0.5) is 5.69 Å². The highest BCUT2D eigenvalue weighted by Crippen LogP contribution is 2.51. The SMILES string of the molecule is CCCC1=C2[C@@H](CC/C(=C/c3cc(C)c(O)c(C)c3)c3ccccn3)OC[C@@H]2[C@@H]2C(=O)N(c3cccc(B(O)O)c3)C(=O)[C@@H]2C1. The number of rotatable bonds is 9. The van der Waals surface area contributed by atoms with Crippen LogP contribution < -0.4 is 10.4 Å². The molecule has 1 aromatic heterocycles. The third-order valence-electron chi connectivity index (χ3n) is 9.51. The van der Waals surface area contributed by atoms with Crippen LogP contribution in [0.1, 0.15) is 61.4 Å². The first-order chi connectivity index (χ1) is 21.7. The van der Waals surface area contributed by atoms with Crippen LogP contribution in [-0.2, 0) is 14.3 Å². The van der Waals surface area contributed by atoms with Gasteiger partial charge in [-0.25, -0.2) is 0 Å². The molecule has 2 amide bonds. The van der Waals surface area contributed by atoms with Crippen molar-refractivity contribution in [3.8, 4) is 5.75 Å². The lowest BCUT2D eigenvalue weighted by molar-refractivity contribution is -0.122. The van der Waals surface area contributed by atoms with E-state index in [0.717, 1.165) is 40.8 Å². The molecule has 0 saturated carbocycles. The number of nitrogens with zero attached hydrogens (tertiary/aromatic N) is 2. The Morgan fingerprint density at radius 3 is 2.51 bits per heavy atom. The van der Waals surface area contributed by atoms with Crippen LogP contribution in [0.15, 0.2) is 71.9 Å². The number of aryl methyl sites for hydroxylation is 2. The Balaban J connectivity index is 1.29. The molecule has 0 spiro atoms. The Morgan fingerprint density at radius 2 is 1.82 bits per heavy atom. The molecule has 0 unspecified atom stereocenters. The monoisotopic (exact) mass is 606 g/mol. The number of aromatic hydroxyl groups is 1. The van der Waals surface area contributed by atoms with Gasteiger partial charge in [-0.3, -0.25) is 19.5 Å². The minimum Gasteiger partial charge on any atom is -0.507 e. The van der Waals surface area contributed by atoms with Crippen molar-refractivity contribution in [3.05, 3.63) is 94.3 Å². The number of anilines is 1. The maximum absolute atomic E-state index is 13.9. The van der Waals surface area contributed by atoms with Gasteiger partial charge in [0.1, 0.15) is 5.75 Å². The summed E-state index contributed by atoms with van der Waals surface area (Å²) in [6, 6.07) is 16.2. The van der Waals surface area contributed by atoms with E-state index in [1.54, 1.807) is 24.4 Å². The van der Waals surface area contributed by atoms with E-state index in [0.29, 0.717) is 37.3 Å². The number of imide groups is 1. The summed E-state index contributed by atoms with van der Waals surface area (Å²) < 4.78 is 6.46. The molecular formula is C36H39BN2O6. The average Bonchev–Trinajstić information content (AvgIpc) is 3.56. The van der Waals surface area contributed by atoms with Crippen molar-refractivity contribution < 1.29 is 29.5 Å². The molecule has 3 aromatic rings. The predicted molar refractivity (Wildman–Crippen MR) is 174 cm³/mol. The molecule has 45 heavy (non-hydrogen) atoms. The maximum atomic E-state index is 13.9. The zero-order valence-corrected chi connectivity index (χ0v) is 25.9. The van der Waals surface area contributed by atoms with Gasteiger partial charge in [-0.05, 0) is 115 Å². The van der Waals surface area contributed by atoms with E-state index >= 15 is 0 Å². The van der Waals surface area contributed by atoms with Crippen LogP contribution >= 0.6 is 0 Å². The van der Waals surface area contributed by atoms with Crippen LogP contribution in [0.3, 0.4) is 0 Å². The molecular weight excluding hydrogens is 567 g/mol. The van der Waals surface area contributed by atoms with Crippen molar-refractivity contribution >= 4 is 41.7 Å².